The molecule has 0 atom stereocenters. The van der Waals surface area contributed by atoms with E-state index in [0.29, 0.717) is 23.5 Å². The van der Waals surface area contributed by atoms with E-state index in [1.165, 1.54) is 0 Å². The van der Waals surface area contributed by atoms with Crippen molar-refractivity contribution in [3.05, 3.63) is 54.6 Å². The maximum absolute atomic E-state index is 12.4. The molecule has 0 amide bonds. The highest BCUT2D eigenvalue weighted by Gasteiger charge is 2.18. The summed E-state index contributed by atoms with van der Waals surface area (Å²) in [5.41, 5.74) is 7.01. The second-order valence-corrected chi connectivity index (χ2v) is 6.49. The second-order valence-electron chi connectivity index (χ2n) is 4.76. The molecule has 0 unspecified atom stereocenters. The molecule has 0 spiro atoms. The second kappa shape index (κ2) is 8.90. The summed E-state index contributed by atoms with van der Waals surface area (Å²) in [5, 5.41) is 0. The summed E-state index contributed by atoms with van der Waals surface area (Å²) < 4.78 is 27.5. The van der Waals surface area contributed by atoms with Crippen LogP contribution < -0.4 is 10.5 Å². The molecule has 0 heterocycles. The first-order chi connectivity index (χ1) is 10.1. The lowest BCUT2D eigenvalue weighted by Gasteiger charge is -2.11. The topological polar surface area (TPSA) is 72.2 Å². The predicted molar refractivity (Wildman–Crippen MR) is 92.6 cm³/mol. The highest BCUT2D eigenvalue weighted by atomic mass is 35.5. The Bertz CT molecular complexity index is 676. The number of sulfonamides is 1. The predicted octanol–water partition coefficient (Wildman–Crippen LogP) is 2.79. The van der Waals surface area contributed by atoms with Crippen molar-refractivity contribution in [3.8, 4) is 11.1 Å². The van der Waals surface area contributed by atoms with Crippen molar-refractivity contribution >= 4 is 22.4 Å². The Morgan fingerprint density at radius 1 is 0.909 bits per heavy atom. The summed E-state index contributed by atoms with van der Waals surface area (Å²) in [4.78, 5) is 0.309. The molecule has 0 saturated heterocycles. The number of halogens is 1. The van der Waals surface area contributed by atoms with Crippen LogP contribution in [0.15, 0.2) is 59.5 Å². The van der Waals surface area contributed by atoms with E-state index in [-0.39, 0.29) is 12.4 Å². The quantitative estimate of drug-likeness (QED) is 0.761. The third kappa shape index (κ3) is 4.81. The monoisotopic (exact) mass is 340 g/mol. The molecule has 0 fully saturated rings. The van der Waals surface area contributed by atoms with Crippen LogP contribution in [0.25, 0.3) is 11.1 Å². The zero-order chi connectivity index (χ0) is 15.1. The summed E-state index contributed by atoms with van der Waals surface area (Å²) in [5.74, 6) is 0. The number of nitrogens with two attached hydrogens (primary N) is 1. The lowest BCUT2D eigenvalue weighted by Crippen LogP contribution is -2.25. The maximum Gasteiger partial charge on any atom is 0.241 e. The molecule has 4 nitrogen and oxygen atoms in total. The third-order valence-electron chi connectivity index (χ3n) is 3.18. The van der Waals surface area contributed by atoms with Gasteiger partial charge in [0.05, 0.1) is 4.90 Å². The summed E-state index contributed by atoms with van der Waals surface area (Å²) >= 11 is 0. The zero-order valence-electron chi connectivity index (χ0n) is 12.2. The molecular formula is C16H21ClN2O2S. The van der Waals surface area contributed by atoms with Crippen molar-refractivity contribution in [2.45, 2.75) is 17.7 Å². The van der Waals surface area contributed by atoms with Gasteiger partial charge in [-0.3, -0.25) is 0 Å². The smallest absolute Gasteiger partial charge is 0.241 e. The number of unbranched alkanes of at least 4 members (excludes halogenated alkanes) is 1. The summed E-state index contributed by atoms with van der Waals surface area (Å²) in [6, 6.07) is 16.5. The fraction of sp³-hybridized carbons (Fsp3) is 0.250. The molecule has 0 bridgehead atoms. The van der Waals surface area contributed by atoms with Crippen LogP contribution in [-0.4, -0.2) is 21.5 Å². The van der Waals surface area contributed by atoms with Gasteiger partial charge < -0.3 is 5.73 Å². The highest BCUT2D eigenvalue weighted by molar-refractivity contribution is 7.89. The molecule has 0 aliphatic rings. The van der Waals surface area contributed by atoms with Gasteiger partial charge in [-0.15, -0.1) is 12.4 Å². The lowest BCUT2D eigenvalue weighted by atomic mass is 10.1. The number of hydrogen-bond acceptors (Lipinski definition) is 3. The largest absolute Gasteiger partial charge is 0.330 e. The molecule has 0 aliphatic carbocycles. The molecule has 22 heavy (non-hydrogen) atoms. The Morgan fingerprint density at radius 3 is 2.23 bits per heavy atom. The third-order valence-corrected chi connectivity index (χ3v) is 4.70. The zero-order valence-corrected chi connectivity index (χ0v) is 13.9. The van der Waals surface area contributed by atoms with Gasteiger partial charge in [-0.1, -0.05) is 48.5 Å². The first kappa shape index (κ1) is 18.6. The normalized spacial score (nSPS) is 11.0. The number of benzene rings is 2. The van der Waals surface area contributed by atoms with E-state index < -0.39 is 10.0 Å². The van der Waals surface area contributed by atoms with E-state index in [4.69, 9.17) is 5.73 Å². The van der Waals surface area contributed by atoms with Crippen molar-refractivity contribution in [2.24, 2.45) is 5.73 Å². The SMILES string of the molecule is Cl.NCCCCNS(=O)(=O)c1ccccc1-c1ccccc1. The summed E-state index contributed by atoms with van der Waals surface area (Å²) in [6.07, 6.45) is 1.55. The molecule has 0 radical (unpaired) electrons. The van der Waals surface area contributed by atoms with Crippen LogP contribution in [0.4, 0.5) is 0 Å². The standard InChI is InChI=1S/C16H20N2O2S.ClH/c17-12-6-7-13-18-21(19,20)16-11-5-4-10-15(16)14-8-2-1-3-9-14;/h1-5,8-11,18H,6-7,12-13,17H2;1H. The molecule has 2 aromatic rings. The van der Waals surface area contributed by atoms with Gasteiger partial charge in [0.1, 0.15) is 0 Å². The number of hydrogen-bond donors (Lipinski definition) is 2. The van der Waals surface area contributed by atoms with Gasteiger partial charge >= 0.3 is 0 Å². The van der Waals surface area contributed by atoms with Crippen molar-refractivity contribution in [3.63, 3.8) is 0 Å². The molecule has 3 N–H and O–H groups in total. The van der Waals surface area contributed by atoms with E-state index in [9.17, 15) is 8.42 Å². The molecule has 2 rings (SSSR count). The minimum atomic E-state index is -3.51. The molecule has 0 saturated carbocycles. The van der Waals surface area contributed by atoms with Gasteiger partial charge in [-0.25, -0.2) is 13.1 Å². The minimum Gasteiger partial charge on any atom is -0.330 e. The van der Waals surface area contributed by atoms with Crippen molar-refractivity contribution < 1.29 is 8.42 Å². The van der Waals surface area contributed by atoms with Gasteiger partial charge in [0, 0.05) is 12.1 Å². The minimum absolute atomic E-state index is 0. The summed E-state index contributed by atoms with van der Waals surface area (Å²) in [7, 11) is -3.51. The first-order valence-corrected chi connectivity index (χ1v) is 8.47. The van der Waals surface area contributed by atoms with Gasteiger partial charge in [-0.2, -0.15) is 0 Å². The fourth-order valence-electron chi connectivity index (χ4n) is 2.11. The molecule has 120 valence electrons. The van der Waals surface area contributed by atoms with E-state index in [1.807, 2.05) is 42.5 Å². The summed E-state index contributed by atoms with van der Waals surface area (Å²) in [6.45, 7) is 0.977. The van der Waals surface area contributed by atoms with E-state index in [0.717, 1.165) is 18.4 Å². The number of rotatable bonds is 7. The highest BCUT2D eigenvalue weighted by Crippen LogP contribution is 2.26. The molecule has 0 aliphatic heterocycles. The van der Waals surface area contributed by atoms with Gasteiger partial charge in [0.2, 0.25) is 10.0 Å². The van der Waals surface area contributed by atoms with Crippen LogP contribution in [-0.2, 0) is 10.0 Å². The van der Waals surface area contributed by atoms with Crippen LogP contribution in [0.2, 0.25) is 0 Å². The van der Waals surface area contributed by atoms with Gasteiger partial charge in [0.25, 0.3) is 0 Å². The van der Waals surface area contributed by atoms with Crippen molar-refractivity contribution in [1.82, 2.24) is 4.72 Å². The Morgan fingerprint density at radius 2 is 1.55 bits per heavy atom. The van der Waals surface area contributed by atoms with Crippen LogP contribution in [0, 0.1) is 0 Å². The average molecular weight is 341 g/mol. The Hall–Kier alpha value is -1.40. The van der Waals surface area contributed by atoms with E-state index >= 15 is 0 Å². The van der Waals surface area contributed by atoms with Crippen LogP contribution in [0.1, 0.15) is 12.8 Å². The van der Waals surface area contributed by atoms with Crippen molar-refractivity contribution in [2.75, 3.05) is 13.1 Å². The Balaban J connectivity index is 0.00000242. The average Bonchev–Trinajstić information content (AvgIpc) is 2.52. The van der Waals surface area contributed by atoms with Gasteiger partial charge in [0.15, 0.2) is 0 Å². The van der Waals surface area contributed by atoms with E-state index in [1.54, 1.807) is 12.1 Å². The lowest BCUT2D eigenvalue weighted by molar-refractivity contribution is 0.577. The van der Waals surface area contributed by atoms with Crippen LogP contribution in [0.5, 0.6) is 0 Å². The van der Waals surface area contributed by atoms with Crippen LogP contribution in [0.3, 0.4) is 0 Å². The molecule has 0 aromatic heterocycles. The Labute approximate surface area is 138 Å². The Kier molecular flexibility index (Phi) is 7.55. The van der Waals surface area contributed by atoms with Crippen molar-refractivity contribution in [1.29, 1.82) is 0 Å². The number of nitrogens with one attached hydrogen (secondary N) is 1. The molecule has 2 aromatic carbocycles. The van der Waals surface area contributed by atoms with E-state index in [2.05, 4.69) is 4.72 Å². The molecule has 6 heteroatoms. The van der Waals surface area contributed by atoms with Gasteiger partial charge in [-0.05, 0) is 31.0 Å². The maximum atomic E-state index is 12.4. The first-order valence-electron chi connectivity index (χ1n) is 6.99. The molecular weight excluding hydrogens is 320 g/mol. The van der Waals surface area contributed by atoms with Crippen LogP contribution >= 0.6 is 12.4 Å². The fourth-order valence-corrected chi connectivity index (χ4v) is 3.41.